The van der Waals surface area contributed by atoms with Gasteiger partial charge < -0.3 is 0 Å². The van der Waals surface area contributed by atoms with E-state index in [2.05, 4.69) is 27.6 Å². The lowest BCUT2D eigenvalue weighted by atomic mass is 10.1. The van der Waals surface area contributed by atoms with E-state index in [-0.39, 0.29) is 11.8 Å². The molecule has 1 aliphatic carbocycles. The predicted molar refractivity (Wildman–Crippen MR) is 77.3 cm³/mol. The number of hydrogen-bond acceptors (Lipinski definition) is 3. The molecule has 100 valence electrons. The van der Waals surface area contributed by atoms with Crippen molar-refractivity contribution in [2.24, 2.45) is 11.0 Å². The second-order valence-corrected chi connectivity index (χ2v) is 4.88. The van der Waals surface area contributed by atoms with E-state index >= 15 is 0 Å². The van der Waals surface area contributed by atoms with Crippen molar-refractivity contribution in [3.63, 3.8) is 0 Å². The summed E-state index contributed by atoms with van der Waals surface area (Å²) in [7, 11) is 0. The highest BCUT2D eigenvalue weighted by atomic mass is 16.2. The van der Waals surface area contributed by atoms with E-state index in [1.165, 1.54) is 5.56 Å². The molecule has 2 atom stereocenters. The van der Waals surface area contributed by atoms with Crippen LogP contribution in [0.15, 0.2) is 60.0 Å². The van der Waals surface area contributed by atoms with Crippen molar-refractivity contribution in [3.05, 3.63) is 66.0 Å². The zero-order valence-electron chi connectivity index (χ0n) is 10.9. The fourth-order valence-electron chi connectivity index (χ4n) is 2.26. The van der Waals surface area contributed by atoms with Crippen LogP contribution in [0.1, 0.15) is 23.5 Å². The minimum Gasteiger partial charge on any atom is -0.273 e. The molecule has 1 fully saturated rings. The maximum absolute atomic E-state index is 11.9. The summed E-state index contributed by atoms with van der Waals surface area (Å²) in [6.07, 6.45) is 5.90. The molecule has 2 unspecified atom stereocenters. The first kappa shape index (κ1) is 12.5. The van der Waals surface area contributed by atoms with Crippen LogP contribution in [-0.4, -0.2) is 17.1 Å². The van der Waals surface area contributed by atoms with Gasteiger partial charge in [0, 0.05) is 23.9 Å². The summed E-state index contributed by atoms with van der Waals surface area (Å²) >= 11 is 0. The van der Waals surface area contributed by atoms with E-state index in [0.717, 1.165) is 12.0 Å². The quantitative estimate of drug-likeness (QED) is 0.681. The molecule has 1 aliphatic rings. The van der Waals surface area contributed by atoms with E-state index in [1.807, 2.05) is 30.3 Å². The second kappa shape index (κ2) is 5.65. The Kier molecular flexibility index (Phi) is 3.54. The number of nitrogens with zero attached hydrogens (tertiary/aromatic N) is 2. The maximum Gasteiger partial charge on any atom is 0.243 e. The van der Waals surface area contributed by atoms with Gasteiger partial charge in [-0.1, -0.05) is 36.4 Å². The van der Waals surface area contributed by atoms with Gasteiger partial charge in [0.05, 0.1) is 6.21 Å². The summed E-state index contributed by atoms with van der Waals surface area (Å²) in [6, 6.07) is 13.8. The summed E-state index contributed by atoms with van der Waals surface area (Å²) in [5.74, 6) is 0.368. The molecule has 1 N–H and O–H groups in total. The number of aromatic nitrogens is 1. The normalized spacial score (nSPS) is 20.8. The van der Waals surface area contributed by atoms with Crippen molar-refractivity contribution < 1.29 is 4.79 Å². The van der Waals surface area contributed by atoms with Gasteiger partial charge in [-0.2, -0.15) is 5.10 Å². The number of rotatable bonds is 4. The average molecular weight is 265 g/mol. The SMILES string of the molecule is O=C(N/N=C\c1cccnc1)C1CC1c1ccccc1. The van der Waals surface area contributed by atoms with Crippen molar-refractivity contribution in [1.29, 1.82) is 0 Å². The van der Waals surface area contributed by atoms with Gasteiger partial charge in [-0.15, -0.1) is 0 Å². The van der Waals surface area contributed by atoms with Crippen LogP contribution >= 0.6 is 0 Å². The van der Waals surface area contributed by atoms with E-state index in [1.54, 1.807) is 18.6 Å². The molecule has 1 heterocycles. The van der Waals surface area contributed by atoms with Gasteiger partial charge in [-0.05, 0) is 24.0 Å². The highest BCUT2D eigenvalue weighted by Gasteiger charge is 2.43. The Morgan fingerprint density at radius 2 is 2.10 bits per heavy atom. The summed E-state index contributed by atoms with van der Waals surface area (Å²) in [5, 5.41) is 3.97. The first-order valence-electron chi connectivity index (χ1n) is 6.62. The van der Waals surface area contributed by atoms with E-state index in [4.69, 9.17) is 0 Å². The van der Waals surface area contributed by atoms with Crippen LogP contribution in [-0.2, 0) is 4.79 Å². The first-order chi connectivity index (χ1) is 9.84. The fourth-order valence-corrected chi connectivity index (χ4v) is 2.26. The van der Waals surface area contributed by atoms with Crippen molar-refractivity contribution in [3.8, 4) is 0 Å². The van der Waals surface area contributed by atoms with Gasteiger partial charge in [0.25, 0.3) is 0 Å². The third kappa shape index (κ3) is 2.91. The molecule has 1 aromatic carbocycles. The summed E-state index contributed by atoms with van der Waals surface area (Å²) in [6.45, 7) is 0. The minimum atomic E-state index is -0.0148. The third-order valence-corrected chi connectivity index (χ3v) is 3.43. The number of nitrogens with one attached hydrogen (secondary N) is 1. The van der Waals surface area contributed by atoms with Crippen molar-refractivity contribution in [2.45, 2.75) is 12.3 Å². The monoisotopic (exact) mass is 265 g/mol. The Hall–Kier alpha value is -2.49. The molecule has 1 saturated carbocycles. The highest BCUT2D eigenvalue weighted by Crippen LogP contribution is 2.47. The molecular formula is C16H15N3O. The molecule has 1 amide bonds. The molecule has 4 nitrogen and oxygen atoms in total. The van der Waals surface area contributed by atoms with Gasteiger partial charge in [0.2, 0.25) is 5.91 Å². The third-order valence-electron chi connectivity index (χ3n) is 3.43. The summed E-state index contributed by atoms with van der Waals surface area (Å²) in [4.78, 5) is 15.9. The second-order valence-electron chi connectivity index (χ2n) is 4.88. The summed E-state index contributed by atoms with van der Waals surface area (Å²) < 4.78 is 0. The van der Waals surface area contributed by atoms with Gasteiger partial charge in [0.1, 0.15) is 0 Å². The Labute approximate surface area is 117 Å². The van der Waals surface area contributed by atoms with E-state index < -0.39 is 0 Å². The fraction of sp³-hybridized carbons (Fsp3) is 0.188. The van der Waals surface area contributed by atoms with Crippen LogP contribution in [0.5, 0.6) is 0 Å². The average Bonchev–Trinajstić information content (AvgIpc) is 3.30. The molecule has 3 rings (SSSR count). The molecule has 1 aromatic heterocycles. The van der Waals surface area contributed by atoms with Crippen LogP contribution in [0.3, 0.4) is 0 Å². The van der Waals surface area contributed by atoms with Crippen LogP contribution in [0, 0.1) is 5.92 Å². The van der Waals surface area contributed by atoms with Crippen LogP contribution in [0.2, 0.25) is 0 Å². The molecule has 0 saturated heterocycles. The zero-order valence-corrected chi connectivity index (χ0v) is 10.9. The van der Waals surface area contributed by atoms with Crippen molar-refractivity contribution in [1.82, 2.24) is 10.4 Å². The Balaban J connectivity index is 1.53. The lowest BCUT2D eigenvalue weighted by Gasteiger charge is -1.99. The largest absolute Gasteiger partial charge is 0.273 e. The Bertz CT molecular complexity index is 610. The number of benzene rings is 1. The zero-order chi connectivity index (χ0) is 13.8. The number of carbonyl (C=O) groups is 1. The molecule has 0 radical (unpaired) electrons. The number of amides is 1. The van der Waals surface area contributed by atoms with Gasteiger partial charge in [-0.3, -0.25) is 9.78 Å². The number of hydrogen-bond donors (Lipinski definition) is 1. The first-order valence-corrected chi connectivity index (χ1v) is 6.62. The maximum atomic E-state index is 11.9. The van der Waals surface area contributed by atoms with Gasteiger partial charge >= 0.3 is 0 Å². The molecule has 0 bridgehead atoms. The number of carbonyl (C=O) groups excluding carboxylic acids is 1. The molecule has 0 spiro atoms. The topological polar surface area (TPSA) is 54.4 Å². The lowest BCUT2D eigenvalue weighted by molar-refractivity contribution is -0.122. The molecule has 0 aliphatic heterocycles. The summed E-state index contributed by atoms with van der Waals surface area (Å²) in [5.41, 5.74) is 4.69. The molecule has 2 aromatic rings. The number of pyridine rings is 1. The molecule has 4 heteroatoms. The lowest BCUT2D eigenvalue weighted by Crippen LogP contribution is -2.20. The van der Waals surface area contributed by atoms with Crippen LogP contribution in [0.25, 0.3) is 0 Å². The van der Waals surface area contributed by atoms with Crippen LogP contribution in [0.4, 0.5) is 0 Å². The van der Waals surface area contributed by atoms with E-state index in [0.29, 0.717) is 5.92 Å². The Morgan fingerprint density at radius 3 is 2.85 bits per heavy atom. The standard InChI is InChI=1S/C16H15N3O/c20-16(19-18-11-12-5-4-8-17-10-12)15-9-14(15)13-6-2-1-3-7-13/h1-8,10-11,14-15H,9H2,(H,19,20)/b18-11-. The molecule has 20 heavy (non-hydrogen) atoms. The van der Waals surface area contributed by atoms with E-state index in [9.17, 15) is 4.79 Å². The van der Waals surface area contributed by atoms with Gasteiger partial charge in [-0.25, -0.2) is 5.43 Å². The highest BCUT2D eigenvalue weighted by molar-refractivity contribution is 5.85. The van der Waals surface area contributed by atoms with Crippen molar-refractivity contribution in [2.75, 3.05) is 0 Å². The Morgan fingerprint density at radius 1 is 1.25 bits per heavy atom. The predicted octanol–water partition coefficient (Wildman–Crippen LogP) is 2.34. The van der Waals surface area contributed by atoms with Crippen LogP contribution < -0.4 is 5.43 Å². The van der Waals surface area contributed by atoms with Gasteiger partial charge in [0.15, 0.2) is 0 Å². The molecular weight excluding hydrogens is 250 g/mol. The minimum absolute atomic E-state index is 0.0148. The smallest absolute Gasteiger partial charge is 0.243 e. The van der Waals surface area contributed by atoms with Crippen molar-refractivity contribution >= 4 is 12.1 Å². The number of hydrazone groups is 1.